The van der Waals surface area contributed by atoms with Crippen LogP contribution in [0.5, 0.6) is 0 Å². The Kier molecular flexibility index (Phi) is 5.66. The Morgan fingerprint density at radius 3 is 2.47 bits per heavy atom. The Balaban J connectivity index is 2.78. The van der Waals surface area contributed by atoms with Crippen molar-refractivity contribution in [1.82, 2.24) is 5.32 Å². The summed E-state index contributed by atoms with van der Waals surface area (Å²) in [6.45, 7) is 2.50. The number of rotatable bonds is 6. The predicted molar refractivity (Wildman–Crippen MR) is 65.7 cm³/mol. The number of carbonyl (C=O) groups is 1. The fourth-order valence-electron chi connectivity index (χ4n) is 1.65. The monoisotopic (exact) mass is 237 g/mol. The second-order valence-electron chi connectivity index (χ2n) is 3.89. The molecule has 0 aliphatic rings. The zero-order valence-corrected chi connectivity index (χ0v) is 10.5. The Morgan fingerprint density at radius 2 is 1.94 bits per heavy atom. The number of hydrogen-bond acceptors (Lipinski definition) is 4. The summed E-state index contributed by atoms with van der Waals surface area (Å²) >= 11 is 0. The van der Waals surface area contributed by atoms with Crippen molar-refractivity contribution in [2.45, 2.75) is 19.0 Å². The largest absolute Gasteiger partial charge is 0.468 e. The number of hydrogen-bond donors (Lipinski definition) is 1. The van der Waals surface area contributed by atoms with Crippen LogP contribution in [0.4, 0.5) is 0 Å². The molecule has 1 rings (SSSR count). The minimum Gasteiger partial charge on any atom is -0.468 e. The van der Waals surface area contributed by atoms with Gasteiger partial charge in [-0.05, 0) is 12.5 Å². The summed E-state index contributed by atoms with van der Waals surface area (Å²) in [4.78, 5) is 11.7. The molecule has 0 radical (unpaired) electrons. The van der Waals surface area contributed by atoms with E-state index in [1.807, 2.05) is 37.3 Å². The van der Waals surface area contributed by atoms with Crippen LogP contribution in [-0.2, 0) is 14.3 Å². The van der Waals surface area contributed by atoms with Gasteiger partial charge in [0, 0.05) is 13.2 Å². The first-order valence-electron chi connectivity index (χ1n) is 5.56. The van der Waals surface area contributed by atoms with E-state index in [0.29, 0.717) is 6.61 Å². The zero-order valence-electron chi connectivity index (χ0n) is 10.5. The van der Waals surface area contributed by atoms with E-state index in [9.17, 15) is 4.79 Å². The number of ether oxygens (including phenoxy) is 2. The van der Waals surface area contributed by atoms with Crippen molar-refractivity contribution >= 4 is 5.97 Å². The van der Waals surface area contributed by atoms with Crippen molar-refractivity contribution in [2.24, 2.45) is 0 Å². The minimum atomic E-state index is -0.452. The third kappa shape index (κ3) is 4.17. The van der Waals surface area contributed by atoms with Gasteiger partial charge >= 0.3 is 5.97 Å². The molecule has 1 aromatic rings. The van der Waals surface area contributed by atoms with Gasteiger partial charge in [0.2, 0.25) is 0 Å². The van der Waals surface area contributed by atoms with Crippen LogP contribution in [0.2, 0.25) is 0 Å². The van der Waals surface area contributed by atoms with Gasteiger partial charge in [0.05, 0.1) is 13.7 Å². The molecule has 4 heteroatoms. The predicted octanol–water partition coefficient (Wildman–Crippen LogP) is 1.53. The van der Waals surface area contributed by atoms with Gasteiger partial charge in [0.25, 0.3) is 0 Å². The van der Waals surface area contributed by atoms with E-state index >= 15 is 0 Å². The maximum atomic E-state index is 11.7. The molecule has 2 atom stereocenters. The van der Waals surface area contributed by atoms with Crippen LogP contribution < -0.4 is 5.32 Å². The summed E-state index contributed by atoms with van der Waals surface area (Å²) in [6.07, 6.45) is 0. The molecule has 1 aromatic carbocycles. The Hall–Kier alpha value is -1.39. The maximum absolute atomic E-state index is 11.7. The van der Waals surface area contributed by atoms with Gasteiger partial charge in [-0.3, -0.25) is 5.32 Å². The van der Waals surface area contributed by atoms with Crippen molar-refractivity contribution in [3.05, 3.63) is 35.9 Å². The summed E-state index contributed by atoms with van der Waals surface area (Å²) in [5.41, 5.74) is 0.891. The van der Waals surface area contributed by atoms with Crippen LogP contribution in [0.25, 0.3) is 0 Å². The SMILES string of the molecule is COCC(C)NC(C(=O)OC)c1ccccc1. The Labute approximate surface area is 102 Å². The highest BCUT2D eigenvalue weighted by Gasteiger charge is 2.22. The molecule has 0 saturated carbocycles. The van der Waals surface area contributed by atoms with E-state index in [1.165, 1.54) is 7.11 Å². The molecule has 0 bridgehead atoms. The van der Waals surface area contributed by atoms with Crippen LogP contribution in [0.3, 0.4) is 0 Å². The molecule has 4 nitrogen and oxygen atoms in total. The average molecular weight is 237 g/mol. The van der Waals surface area contributed by atoms with Gasteiger partial charge in [-0.15, -0.1) is 0 Å². The molecule has 0 fully saturated rings. The third-order valence-corrected chi connectivity index (χ3v) is 2.44. The summed E-state index contributed by atoms with van der Waals surface area (Å²) in [5.74, 6) is -0.292. The smallest absolute Gasteiger partial charge is 0.327 e. The standard InChI is InChI=1S/C13H19NO3/c1-10(9-16-2)14-12(13(15)17-3)11-7-5-4-6-8-11/h4-8,10,12,14H,9H2,1-3H3. The summed E-state index contributed by atoms with van der Waals surface area (Å²) < 4.78 is 9.84. The first-order chi connectivity index (χ1) is 8.19. The van der Waals surface area contributed by atoms with Crippen LogP contribution in [0.15, 0.2) is 30.3 Å². The molecule has 0 saturated heterocycles. The van der Waals surface area contributed by atoms with Gasteiger partial charge in [0.1, 0.15) is 6.04 Å². The zero-order chi connectivity index (χ0) is 12.7. The molecule has 94 valence electrons. The molecule has 17 heavy (non-hydrogen) atoms. The summed E-state index contributed by atoms with van der Waals surface area (Å²) in [6, 6.07) is 9.12. The number of esters is 1. The topological polar surface area (TPSA) is 47.6 Å². The number of methoxy groups -OCH3 is 2. The molecule has 0 aliphatic heterocycles. The molecule has 0 aromatic heterocycles. The lowest BCUT2D eigenvalue weighted by Crippen LogP contribution is -2.38. The lowest BCUT2D eigenvalue weighted by atomic mass is 10.1. The van der Waals surface area contributed by atoms with Gasteiger partial charge in [0.15, 0.2) is 0 Å². The molecule has 0 spiro atoms. The molecule has 0 aliphatic carbocycles. The minimum absolute atomic E-state index is 0.0734. The molecule has 1 N–H and O–H groups in total. The van der Waals surface area contributed by atoms with E-state index in [0.717, 1.165) is 5.56 Å². The highest BCUT2D eigenvalue weighted by Crippen LogP contribution is 2.14. The van der Waals surface area contributed by atoms with E-state index in [-0.39, 0.29) is 12.0 Å². The van der Waals surface area contributed by atoms with E-state index < -0.39 is 6.04 Å². The first kappa shape index (κ1) is 13.7. The summed E-state index contributed by atoms with van der Waals surface area (Å²) in [5, 5.41) is 3.19. The van der Waals surface area contributed by atoms with Crippen molar-refractivity contribution in [1.29, 1.82) is 0 Å². The quantitative estimate of drug-likeness (QED) is 0.762. The average Bonchev–Trinajstić information content (AvgIpc) is 2.36. The van der Waals surface area contributed by atoms with Gasteiger partial charge < -0.3 is 9.47 Å². The van der Waals surface area contributed by atoms with Gasteiger partial charge in [-0.2, -0.15) is 0 Å². The molecular weight excluding hydrogens is 218 g/mol. The van der Waals surface area contributed by atoms with Crippen LogP contribution >= 0.6 is 0 Å². The summed E-state index contributed by atoms with van der Waals surface area (Å²) in [7, 11) is 3.02. The van der Waals surface area contributed by atoms with Crippen molar-refractivity contribution in [3.63, 3.8) is 0 Å². The van der Waals surface area contributed by atoms with Crippen LogP contribution in [0, 0.1) is 0 Å². The Bertz CT molecular complexity index is 340. The fourth-order valence-corrected chi connectivity index (χ4v) is 1.65. The highest BCUT2D eigenvalue weighted by atomic mass is 16.5. The van der Waals surface area contributed by atoms with E-state index in [4.69, 9.17) is 9.47 Å². The first-order valence-corrected chi connectivity index (χ1v) is 5.56. The number of benzene rings is 1. The lowest BCUT2D eigenvalue weighted by Gasteiger charge is -2.21. The molecule has 0 amide bonds. The normalized spacial score (nSPS) is 14.1. The molecular formula is C13H19NO3. The maximum Gasteiger partial charge on any atom is 0.327 e. The van der Waals surface area contributed by atoms with Gasteiger partial charge in [-0.25, -0.2) is 4.79 Å². The molecule has 0 heterocycles. The highest BCUT2D eigenvalue weighted by molar-refractivity contribution is 5.77. The van der Waals surface area contributed by atoms with E-state index in [1.54, 1.807) is 7.11 Å². The second-order valence-corrected chi connectivity index (χ2v) is 3.89. The number of carbonyl (C=O) groups excluding carboxylic acids is 1. The van der Waals surface area contributed by atoms with E-state index in [2.05, 4.69) is 5.32 Å². The van der Waals surface area contributed by atoms with Crippen molar-refractivity contribution < 1.29 is 14.3 Å². The fraction of sp³-hybridized carbons (Fsp3) is 0.462. The van der Waals surface area contributed by atoms with Crippen LogP contribution in [-0.4, -0.2) is 32.8 Å². The van der Waals surface area contributed by atoms with Crippen LogP contribution in [0.1, 0.15) is 18.5 Å². The lowest BCUT2D eigenvalue weighted by molar-refractivity contribution is -0.143. The van der Waals surface area contributed by atoms with Crippen molar-refractivity contribution in [2.75, 3.05) is 20.8 Å². The van der Waals surface area contributed by atoms with Crippen molar-refractivity contribution in [3.8, 4) is 0 Å². The Morgan fingerprint density at radius 1 is 1.29 bits per heavy atom. The number of nitrogens with one attached hydrogen (secondary N) is 1. The van der Waals surface area contributed by atoms with Gasteiger partial charge in [-0.1, -0.05) is 30.3 Å². The molecule has 2 unspecified atom stereocenters. The second kappa shape index (κ2) is 7.04. The third-order valence-electron chi connectivity index (χ3n) is 2.44.